The van der Waals surface area contributed by atoms with Gasteiger partial charge in [0.2, 0.25) is 21.7 Å². The van der Waals surface area contributed by atoms with Gasteiger partial charge in [0.25, 0.3) is 0 Å². The first kappa shape index (κ1) is 20.2. The van der Waals surface area contributed by atoms with Crippen molar-refractivity contribution in [2.75, 3.05) is 0 Å². The van der Waals surface area contributed by atoms with Crippen LogP contribution in [0.25, 0.3) is 11.4 Å². The quantitative estimate of drug-likeness (QED) is 0.639. The number of hydrogen-bond donors (Lipinski definition) is 0. The number of rotatable bonds is 5. The Balaban J connectivity index is 1.93. The molecule has 0 N–H and O–H groups in total. The number of aromatic nitrogens is 2. The Kier molecular flexibility index (Phi) is 5.36. The Labute approximate surface area is 164 Å². The van der Waals surface area contributed by atoms with E-state index in [1.807, 2.05) is 31.2 Å². The third-order valence-corrected chi connectivity index (χ3v) is 6.30. The van der Waals surface area contributed by atoms with Gasteiger partial charge in [-0.1, -0.05) is 28.9 Å². The highest BCUT2D eigenvalue weighted by Gasteiger charge is 2.35. The second-order valence-corrected chi connectivity index (χ2v) is 9.38. The van der Waals surface area contributed by atoms with Crippen LogP contribution in [0.3, 0.4) is 0 Å². The van der Waals surface area contributed by atoms with Crippen molar-refractivity contribution >= 4 is 10.0 Å². The van der Waals surface area contributed by atoms with Crippen molar-refractivity contribution in [1.82, 2.24) is 14.4 Å². The maximum absolute atomic E-state index is 13.2. The number of sulfonamides is 1. The van der Waals surface area contributed by atoms with Crippen molar-refractivity contribution < 1.29 is 17.3 Å². The molecule has 0 bridgehead atoms. The minimum absolute atomic E-state index is 0.00208. The third kappa shape index (κ3) is 4.28. The fraction of sp³-hybridized carbons (Fsp3) is 0.300. The molecule has 0 saturated heterocycles. The molecule has 0 saturated carbocycles. The molecule has 0 unspecified atom stereocenters. The Morgan fingerprint density at radius 1 is 1.11 bits per heavy atom. The van der Waals surface area contributed by atoms with Crippen molar-refractivity contribution in [3.63, 3.8) is 0 Å². The average Bonchev–Trinajstić information content (AvgIpc) is 3.08. The first-order chi connectivity index (χ1) is 13.1. The van der Waals surface area contributed by atoms with Gasteiger partial charge in [0.05, 0.1) is 11.4 Å². The third-order valence-electron chi connectivity index (χ3n) is 4.17. The SMILES string of the molecule is Cc1cccc(-c2noc(CN(C(C)(C)C)S(=O)(=O)c3ccc(F)cc3)n2)c1. The van der Waals surface area contributed by atoms with Crippen LogP contribution >= 0.6 is 0 Å². The van der Waals surface area contributed by atoms with Gasteiger partial charge in [-0.25, -0.2) is 12.8 Å². The molecule has 0 aliphatic rings. The van der Waals surface area contributed by atoms with Crippen LogP contribution in [-0.4, -0.2) is 28.4 Å². The van der Waals surface area contributed by atoms with Crippen molar-refractivity contribution in [3.05, 3.63) is 65.8 Å². The molecule has 1 aromatic heterocycles. The standard InChI is InChI=1S/C20H22FN3O3S/c1-14-6-5-7-15(12-14)19-22-18(27-23-19)13-24(20(2,3)4)28(25,26)17-10-8-16(21)9-11-17/h5-12H,13H2,1-4H3. The monoisotopic (exact) mass is 403 g/mol. The largest absolute Gasteiger partial charge is 0.338 e. The van der Waals surface area contributed by atoms with Crippen molar-refractivity contribution in [1.29, 1.82) is 0 Å². The van der Waals surface area contributed by atoms with E-state index in [2.05, 4.69) is 10.1 Å². The van der Waals surface area contributed by atoms with Crippen LogP contribution in [0.5, 0.6) is 0 Å². The van der Waals surface area contributed by atoms with E-state index in [1.54, 1.807) is 20.8 Å². The van der Waals surface area contributed by atoms with Crippen LogP contribution in [0.4, 0.5) is 4.39 Å². The lowest BCUT2D eigenvalue weighted by molar-refractivity contribution is 0.214. The number of halogens is 1. The zero-order valence-corrected chi connectivity index (χ0v) is 17.0. The first-order valence-corrected chi connectivity index (χ1v) is 10.2. The Morgan fingerprint density at radius 2 is 1.79 bits per heavy atom. The van der Waals surface area contributed by atoms with Crippen LogP contribution in [-0.2, 0) is 16.6 Å². The molecule has 3 aromatic rings. The Bertz CT molecular complexity index is 1070. The molecule has 0 atom stereocenters. The van der Waals surface area contributed by atoms with Crippen LogP contribution in [0.15, 0.2) is 57.9 Å². The average molecular weight is 403 g/mol. The molecule has 6 nitrogen and oxygen atoms in total. The van der Waals surface area contributed by atoms with E-state index in [1.165, 1.54) is 16.4 Å². The maximum Gasteiger partial charge on any atom is 0.244 e. The summed E-state index contributed by atoms with van der Waals surface area (Å²) in [5.41, 5.74) is 1.09. The Hall–Kier alpha value is -2.58. The van der Waals surface area contributed by atoms with E-state index < -0.39 is 21.4 Å². The van der Waals surface area contributed by atoms with Crippen LogP contribution < -0.4 is 0 Å². The number of nitrogens with zero attached hydrogens (tertiary/aromatic N) is 3. The summed E-state index contributed by atoms with van der Waals surface area (Å²) >= 11 is 0. The molecular formula is C20H22FN3O3S. The molecule has 0 amide bonds. The van der Waals surface area contributed by atoms with Gasteiger partial charge in [-0.3, -0.25) is 0 Å². The van der Waals surface area contributed by atoms with E-state index in [4.69, 9.17) is 4.52 Å². The van der Waals surface area contributed by atoms with Gasteiger partial charge in [0.1, 0.15) is 5.82 Å². The molecule has 148 valence electrons. The van der Waals surface area contributed by atoms with Crippen LogP contribution in [0.2, 0.25) is 0 Å². The molecule has 0 spiro atoms. The summed E-state index contributed by atoms with van der Waals surface area (Å²) < 4.78 is 46.0. The smallest absolute Gasteiger partial charge is 0.244 e. The highest BCUT2D eigenvalue weighted by molar-refractivity contribution is 7.89. The molecule has 0 radical (unpaired) electrons. The predicted octanol–water partition coefficient (Wildman–Crippen LogP) is 4.17. The molecule has 3 rings (SSSR count). The predicted molar refractivity (Wildman–Crippen MR) is 103 cm³/mol. The van der Waals surface area contributed by atoms with E-state index >= 15 is 0 Å². The molecule has 0 aliphatic carbocycles. The minimum Gasteiger partial charge on any atom is -0.338 e. The molecule has 1 heterocycles. The van der Waals surface area contributed by atoms with Gasteiger partial charge in [0, 0.05) is 11.1 Å². The summed E-state index contributed by atoms with van der Waals surface area (Å²) in [5.74, 6) is 0.0739. The molecule has 0 fully saturated rings. The summed E-state index contributed by atoms with van der Waals surface area (Å²) in [6.45, 7) is 7.17. The number of aryl methyl sites for hydroxylation is 1. The topological polar surface area (TPSA) is 76.3 Å². The highest BCUT2D eigenvalue weighted by Crippen LogP contribution is 2.27. The summed E-state index contributed by atoms with van der Waals surface area (Å²) in [6, 6.07) is 12.4. The van der Waals surface area contributed by atoms with Gasteiger partial charge in [0.15, 0.2) is 0 Å². The lowest BCUT2D eigenvalue weighted by Gasteiger charge is -2.33. The molecule has 0 aliphatic heterocycles. The second kappa shape index (κ2) is 7.44. The van der Waals surface area contributed by atoms with Gasteiger partial charge in [-0.15, -0.1) is 0 Å². The first-order valence-electron chi connectivity index (χ1n) is 8.75. The van der Waals surface area contributed by atoms with E-state index in [-0.39, 0.29) is 17.3 Å². The molecule has 8 heteroatoms. The minimum atomic E-state index is -3.90. The van der Waals surface area contributed by atoms with Gasteiger partial charge in [-0.2, -0.15) is 9.29 Å². The lowest BCUT2D eigenvalue weighted by atomic mass is 10.1. The zero-order valence-electron chi connectivity index (χ0n) is 16.2. The summed E-state index contributed by atoms with van der Waals surface area (Å²) in [5, 5.41) is 3.97. The maximum atomic E-state index is 13.2. The van der Waals surface area contributed by atoms with Crippen LogP contribution in [0.1, 0.15) is 32.2 Å². The van der Waals surface area contributed by atoms with Crippen molar-refractivity contribution in [3.8, 4) is 11.4 Å². The fourth-order valence-corrected chi connectivity index (χ4v) is 4.50. The van der Waals surface area contributed by atoms with E-state index in [0.29, 0.717) is 5.82 Å². The number of hydrogen-bond acceptors (Lipinski definition) is 5. The molecular weight excluding hydrogens is 381 g/mol. The van der Waals surface area contributed by atoms with Gasteiger partial charge in [-0.05, 0) is 58.0 Å². The fourth-order valence-electron chi connectivity index (χ4n) is 2.76. The van der Waals surface area contributed by atoms with Gasteiger partial charge < -0.3 is 4.52 Å². The highest BCUT2D eigenvalue weighted by atomic mass is 32.2. The van der Waals surface area contributed by atoms with Crippen molar-refractivity contribution in [2.24, 2.45) is 0 Å². The Morgan fingerprint density at radius 3 is 2.39 bits per heavy atom. The molecule has 2 aromatic carbocycles. The lowest BCUT2D eigenvalue weighted by Crippen LogP contribution is -2.45. The van der Waals surface area contributed by atoms with Crippen LogP contribution in [0, 0.1) is 12.7 Å². The zero-order chi connectivity index (χ0) is 20.5. The normalized spacial score (nSPS) is 12.5. The summed E-state index contributed by atoms with van der Waals surface area (Å²) in [7, 11) is -3.90. The van der Waals surface area contributed by atoms with E-state index in [9.17, 15) is 12.8 Å². The summed E-state index contributed by atoms with van der Waals surface area (Å²) in [6.07, 6.45) is 0. The number of benzene rings is 2. The van der Waals surface area contributed by atoms with E-state index in [0.717, 1.165) is 23.3 Å². The van der Waals surface area contributed by atoms with Gasteiger partial charge >= 0.3 is 0 Å². The molecule has 28 heavy (non-hydrogen) atoms. The summed E-state index contributed by atoms with van der Waals surface area (Å²) in [4.78, 5) is 4.35. The van der Waals surface area contributed by atoms with Crippen molar-refractivity contribution in [2.45, 2.75) is 44.7 Å². The second-order valence-electron chi connectivity index (χ2n) is 7.52.